The highest BCUT2D eigenvalue weighted by atomic mass is 79.9. The number of aryl methyl sites for hydroxylation is 1. The lowest BCUT2D eigenvalue weighted by molar-refractivity contribution is 0.687. The molecule has 1 saturated carbocycles. The fourth-order valence-corrected chi connectivity index (χ4v) is 3.17. The van der Waals surface area contributed by atoms with Crippen molar-refractivity contribution >= 4 is 15.9 Å². The summed E-state index contributed by atoms with van der Waals surface area (Å²) in [7, 11) is 0. The number of halogens is 1. The summed E-state index contributed by atoms with van der Waals surface area (Å²) in [5.41, 5.74) is 1.37. The fourth-order valence-electron chi connectivity index (χ4n) is 2.66. The van der Waals surface area contributed by atoms with Gasteiger partial charge < -0.3 is 4.98 Å². The van der Waals surface area contributed by atoms with E-state index in [4.69, 9.17) is 0 Å². The molecule has 0 spiro atoms. The molecule has 0 saturated heterocycles. The molecule has 2 aromatic rings. The van der Waals surface area contributed by atoms with Crippen LogP contribution in [0.2, 0.25) is 0 Å². The highest BCUT2D eigenvalue weighted by molar-refractivity contribution is 9.10. The highest BCUT2D eigenvalue weighted by Gasteiger charge is 2.23. The zero-order chi connectivity index (χ0) is 14.1. The minimum Gasteiger partial charge on any atom is -0.304 e. The predicted octanol–water partition coefficient (Wildman–Crippen LogP) is 2.96. The Bertz CT molecular complexity index is 692. The monoisotopic (exact) mass is 334 g/mol. The molecule has 104 valence electrons. The van der Waals surface area contributed by atoms with E-state index in [1.54, 1.807) is 12.3 Å². The van der Waals surface area contributed by atoms with Crippen LogP contribution in [0.1, 0.15) is 43.1 Å². The second kappa shape index (κ2) is 5.44. The summed E-state index contributed by atoms with van der Waals surface area (Å²) in [6, 6.07) is 1.76. The Labute approximate surface area is 125 Å². The average molecular weight is 335 g/mol. The Hall–Kier alpha value is -1.56. The molecule has 6 heteroatoms. The largest absolute Gasteiger partial charge is 0.304 e. The van der Waals surface area contributed by atoms with Crippen LogP contribution < -0.4 is 5.56 Å². The van der Waals surface area contributed by atoms with Crippen LogP contribution in [0.5, 0.6) is 0 Å². The third-order valence-electron chi connectivity index (χ3n) is 3.65. The lowest BCUT2D eigenvalue weighted by Gasteiger charge is -2.11. The average Bonchev–Trinajstić information content (AvgIpc) is 2.95. The molecule has 0 bridgehead atoms. The first-order valence-corrected chi connectivity index (χ1v) is 7.54. The van der Waals surface area contributed by atoms with Gasteiger partial charge in [-0.3, -0.25) is 4.79 Å². The first kappa shape index (κ1) is 13.4. The van der Waals surface area contributed by atoms with Crippen LogP contribution in [0.15, 0.2) is 21.5 Å². The summed E-state index contributed by atoms with van der Waals surface area (Å²) >= 11 is 3.37. The van der Waals surface area contributed by atoms with E-state index in [2.05, 4.69) is 35.9 Å². The summed E-state index contributed by atoms with van der Waals surface area (Å²) in [4.78, 5) is 27.9. The quantitative estimate of drug-likeness (QED) is 0.916. The van der Waals surface area contributed by atoms with Crippen LogP contribution in [0, 0.1) is 6.92 Å². The van der Waals surface area contributed by atoms with Gasteiger partial charge in [0, 0.05) is 12.1 Å². The molecule has 3 rings (SSSR count). The van der Waals surface area contributed by atoms with Gasteiger partial charge in [-0.1, -0.05) is 12.8 Å². The smallest absolute Gasteiger partial charge is 0.265 e. The van der Waals surface area contributed by atoms with E-state index in [9.17, 15) is 4.79 Å². The van der Waals surface area contributed by atoms with Gasteiger partial charge in [0.15, 0.2) is 5.82 Å². The molecule has 5 nitrogen and oxygen atoms in total. The first-order valence-electron chi connectivity index (χ1n) is 6.75. The van der Waals surface area contributed by atoms with Crippen molar-refractivity contribution in [2.75, 3.05) is 0 Å². The SMILES string of the molecule is Cc1nccc(-c2nc(C3CCCC3)c(Br)c(=O)[nH]2)n1. The van der Waals surface area contributed by atoms with Gasteiger partial charge in [0.1, 0.15) is 16.0 Å². The van der Waals surface area contributed by atoms with Crippen molar-refractivity contribution in [3.05, 3.63) is 38.6 Å². The van der Waals surface area contributed by atoms with Gasteiger partial charge in [0.2, 0.25) is 0 Å². The third kappa shape index (κ3) is 2.52. The molecule has 0 radical (unpaired) electrons. The van der Waals surface area contributed by atoms with Gasteiger partial charge in [0.05, 0.1) is 5.69 Å². The van der Waals surface area contributed by atoms with Crippen LogP contribution in [0.4, 0.5) is 0 Å². The van der Waals surface area contributed by atoms with E-state index >= 15 is 0 Å². The summed E-state index contributed by atoms with van der Waals surface area (Å²) in [6.07, 6.45) is 6.27. The molecule has 2 aromatic heterocycles. The molecular weight excluding hydrogens is 320 g/mol. The molecule has 1 aliphatic carbocycles. The number of aromatic amines is 1. The van der Waals surface area contributed by atoms with Gasteiger partial charge in [0.25, 0.3) is 5.56 Å². The number of aromatic nitrogens is 4. The van der Waals surface area contributed by atoms with Crippen molar-refractivity contribution < 1.29 is 0 Å². The Balaban J connectivity index is 2.11. The minimum absolute atomic E-state index is 0.145. The second-order valence-corrected chi connectivity index (χ2v) is 5.88. The topological polar surface area (TPSA) is 71.5 Å². The van der Waals surface area contributed by atoms with Gasteiger partial charge in [-0.15, -0.1) is 0 Å². The maximum absolute atomic E-state index is 12.1. The number of H-pyrrole nitrogens is 1. The molecule has 1 N–H and O–H groups in total. The maximum Gasteiger partial charge on any atom is 0.265 e. The zero-order valence-corrected chi connectivity index (χ0v) is 12.8. The zero-order valence-electron chi connectivity index (χ0n) is 11.2. The van der Waals surface area contributed by atoms with E-state index < -0.39 is 0 Å². The van der Waals surface area contributed by atoms with Crippen LogP contribution in [0.3, 0.4) is 0 Å². The maximum atomic E-state index is 12.1. The van der Waals surface area contributed by atoms with Gasteiger partial charge in [-0.2, -0.15) is 0 Å². The van der Waals surface area contributed by atoms with Crippen molar-refractivity contribution in [2.45, 2.75) is 38.5 Å². The molecule has 0 unspecified atom stereocenters. The summed E-state index contributed by atoms with van der Waals surface area (Å²) in [6.45, 7) is 1.82. The van der Waals surface area contributed by atoms with E-state index in [1.165, 1.54) is 12.8 Å². The van der Waals surface area contributed by atoms with Crippen LogP contribution in [-0.4, -0.2) is 19.9 Å². The fraction of sp³-hybridized carbons (Fsp3) is 0.429. The second-order valence-electron chi connectivity index (χ2n) is 5.08. The lowest BCUT2D eigenvalue weighted by atomic mass is 10.0. The molecule has 0 atom stereocenters. The third-order valence-corrected chi connectivity index (χ3v) is 4.42. The number of rotatable bonds is 2. The van der Waals surface area contributed by atoms with E-state index in [0.717, 1.165) is 18.5 Å². The van der Waals surface area contributed by atoms with Gasteiger partial charge >= 0.3 is 0 Å². The van der Waals surface area contributed by atoms with Gasteiger partial charge in [-0.25, -0.2) is 15.0 Å². The van der Waals surface area contributed by atoms with E-state index in [-0.39, 0.29) is 5.56 Å². The van der Waals surface area contributed by atoms with E-state index in [1.807, 2.05) is 6.92 Å². The van der Waals surface area contributed by atoms with Crippen molar-refractivity contribution in [3.63, 3.8) is 0 Å². The van der Waals surface area contributed by atoms with Gasteiger partial charge in [-0.05, 0) is 41.8 Å². The lowest BCUT2D eigenvalue weighted by Crippen LogP contribution is -2.15. The standard InChI is InChI=1S/C14H15BrN4O/c1-8-16-7-6-10(17-8)13-18-12(9-4-2-3-5-9)11(15)14(20)19-13/h6-7,9H,2-5H2,1H3,(H,18,19,20). The molecule has 0 aromatic carbocycles. The Kier molecular flexibility index (Phi) is 3.65. The Morgan fingerprint density at radius 3 is 2.75 bits per heavy atom. The summed E-state index contributed by atoms with van der Waals surface area (Å²) in [5.74, 6) is 1.55. The molecule has 0 amide bonds. The normalized spacial score (nSPS) is 15.7. The molecule has 1 aliphatic rings. The molecule has 0 aliphatic heterocycles. The summed E-state index contributed by atoms with van der Waals surface area (Å²) < 4.78 is 0.555. The Morgan fingerprint density at radius 1 is 1.30 bits per heavy atom. The van der Waals surface area contributed by atoms with Crippen LogP contribution in [-0.2, 0) is 0 Å². The van der Waals surface area contributed by atoms with Crippen molar-refractivity contribution in [1.29, 1.82) is 0 Å². The number of nitrogens with zero attached hydrogens (tertiary/aromatic N) is 3. The Morgan fingerprint density at radius 2 is 2.05 bits per heavy atom. The minimum atomic E-state index is -0.145. The molecule has 20 heavy (non-hydrogen) atoms. The number of hydrogen-bond donors (Lipinski definition) is 1. The first-order chi connectivity index (χ1) is 9.65. The molecule has 2 heterocycles. The predicted molar refractivity (Wildman–Crippen MR) is 79.5 cm³/mol. The molecule has 1 fully saturated rings. The number of nitrogens with one attached hydrogen (secondary N) is 1. The number of hydrogen-bond acceptors (Lipinski definition) is 4. The van der Waals surface area contributed by atoms with Crippen molar-refractivity contribution in [2.24, 2.45) is 0 Å². The molecular formula is C14H15BrN4O. The van der Waals surface area contributed by atoms with E-state index in [0.29, 0.717) is 27.7 Å². The van der Waals surface area contributed by atoms with Crippen LogP contribution in [0.25, 0.3) is 11.5 Å². The highest BCUT2D eigenvalue weighted by Crippen LogP contribution is 2.35. The van der Waals surface area contributed by atoms with Crippen molar-refractivity contribution in [1.82, 2.24) is 19.9 Å². The van der Waals surface area contributed by atoms with Crippen LogP contribution >= 0.6 is 15.9 Å². The summed E-state index contributed by atoms with van der Waals surface area (Å²) in [5, 5.41) is 0. The van der Waals surface area contributed by atoms with Crippen molar-refractivity contribution in [3.8, 4) is 11.5 Å².